The molecule has 78 valence electrons. The van der Waals surface area contributed by atoms with Gasteiger partial charge in [-0.3, -0.25) is 0 Å². The van der Waals surface area contributed by atoms with E-state index in [1.54, 1.807) is 12.1 Å². The largest absolute Gasteiger partial charge is 0.434 e. The van der Waals surface area contributed by atoms with Gasteiger partial charge in [0, 0.05) is 0 Å². The Morgan fingerprint density at radius 1 is 1.07 bits per heavy atom. The van der Waals surface area contributed by atoms with Crippen LogP contribution in [0.25, 0.3) is 10.8 Å². The van der Waals surface area contributed by atoms with Crippen LogP contribution in [0.15, 0.2) is 36.4 Å². The molecule has 0 aliphatic rings. The van der Waals surface area contributed by atoms with E-state index in [9.17, 15) is 8.78 Å². The number of alkyl halides is 2. The Bertz CT molecular complexity index is 485. The van der Waals surface area contributed by atoms with E-state index in [4.69, 9.17) is 0 Å². The highest BCUT2D eigenvalue weighted by molar-refractivity contribution is 14.1. The first kappa shape index (κ1) is 10.6. The van der Waals surface area contributed by atoms with Crippen molar-refractivity contribution in [3.63, 3.8) is 0 Å². The highest BCUT2D eigenvalue weighted by Crippen LogP contribution is 2.30. The molecule has 0 radical (unpaired) electrons. The van der Waals surface area contributed by atoms with Gasteiger partial charge in [0.15, 0.2) is 0 Å². The van der Waals surface area contributed by atoms with E-state index in [0.717, 1.165) is 10.8 Å². The lowest BCUT2D eigenvalue weighted by atomic mass is 10.1. The summed E-state index contributed by atoms with van der Waals surface area (Å²) >= 11 is 2.01. The van der Waals surface area contributed by atoms with Crippen molar-refractivity contribution in [1.82, 2.24) is 0 Å². The predicted octanol–water partition coefficient (Wildman–Crippen LogP) is 4.05. The van der Waals surface area contributed by atoms with Crippen LogP contribution in [0.2, 0.25) is 0 Å². The molecule has 0 amide bonds. The number of halogens is 3. The normalized spacial score (nSPS) is 10.9. The highest BCUT2D eigenvalue weighted by atomic mass is 127. The molecule has 0 N–H and O–H groups in total. The molecule has 0 aromatic heterocycles. The van der Waals surface area contributed by atoms with Crippen molar-refractivity contribution in [1.29, 1.82) is 0 Å². The summed E-state index contributed by atoms with van der Waals surface area (Å²) in [5, 5.41) is 1.94. The second-order valence-corrected chi connectivity index (χ2v) is 4.06. The molecule has 0 aliphatic carbocycles. The first-order chi connectivity index (χ1) is 7.18. The third kappa shape index (κ3) is 2.19. The van der Waals surface area contributed by atoms with Gasteiger partial charge >= 0.3 is 6.61 Å². The van der Waals surface area contributed by atoms with Crippen molar-refractivity contribution in [2.24, 2.45) is 0 Å². The molecule has 0 heterocycles. The molecule has 0 fully saturated rings. The molecule has 0 atom stereocenters. The van der Waals surface area contributed by atoms with Crippen LogP contribution in [0.1, 0.15) is 0 Å². The Labute approximate surface area is 99.2 Å². The lowest BCUT2D eigenvalue weighted by Gasteiger charge is -2.08. The van der Waals surface area contributed by atoms with E-state index in [1.807, 2.05) is 46.9 Å². The lowest BCUT2D eigenvalue weighted by Crippen LogP contribution is -2.03. The summed E-state index contributed by atoms with van der Waals surface area (Å²) in [5.41, 5.74) is 0. The Morgan fingerprint density at radius 3 is 2.53 bits per heavy atom. The molecule has 2 aromatic rings. The molecule has 2 rings (SSSR count). The van der Waals surface area contributed by atoms with Gasteiger partial charge in [-0.15, -0.1) is 0 Å². The van der Waals surface area contributed by atoms with E-state index in [2.05, 4.69) is 4.74 Å². The van der Waals surface area contributed by atoms with Gasteiger partial charge in [-0.2, -0.15) is 8.78 Å². The number of hydrogen-bond donors (Lipinski definition) is 0. The average Bonchev–Trinajstić information content (AvgIpc) is 2.22. The first-order valence-corrected chi connectivity index (χ1v) is 5.38. The molecule has 15 heavy (non-hydrogen) atoms. The molecular formula is C11H7F2IO. The standard InChI is InChI=1S/C11H7F2IO/c12-11(13)15-9-6-5-7-3-1-2-4-8(7)10(9)14/h1-6,11H. The van der Waals surface area contributed by atoms with Crippen molar-refractivity contribution in [3.05, 3.63) is 40.0 Å². The summed E-state index contributed by atoms with van der Waals surface area (Å²) in [6, 6.07) is 10.9. The molecule has 1 nitrogen and oxygen atoms in total. The van der Waals surface area contributed by atoms with Crippen LogP contribution < -0.4 is 4.74 Å². The topological polar surface area (TPSA) is 9.23 Å². The Hall–Kier alpha value is -0.910. The number of ether oxygens (including phenoxy) is 1. The molecule has 0 bridgehead atoms. The zero-order valence-electron chi connectivity index (χ0n) is 7.58. The van der Waals surface area contributed by atoms with Gasteiger partial charge in [0.2, 0.25) is 0 Å². The molecule has 2 aromatic carbocycles. The fourth-order valence-corrected chi connectivity index (χ4v) is 2.20. The van der Waals surface area contributed by atoms with E-state index in [0.29, 0.717) is 3.57 Å². The fraction of sp³-hybridized carbons (Fsp3) is 0.0909. The first-order valence-electron chi connectivity index (χ1n) is 4.30. The third-order valence-electron chi connectivity index (χ3n) is 2.04. The Kier molecular flexibility index (Phi) is 3.04. The van der Waals surface area contributed by atoms with Gasteiger partial charge in [0.1, 0.15) is 5.75 Å². The van der Waals surface area contributed by atoms with Crippen molar-refractivity contribution < 1.29 is 13.5 Å². The fourth-order valence-electron chi connectivity index (χ4n) is 1.40. The van der Waals surface area contributed by atoms with E-state index >= 15 is 0 Å². The second kappa shape index (κ2) is 4.30. The quantitative estimate of drug-likeness (QED) is 0.759. The minimum atomic E-state index is -2.78. The second-order valence-electron chi connectivity index (χ2n) is 2.98. The summed E-state index contributed by atoms with van der Waals surface area (Å²) in [6.07, 6.45) is 0. The molecule has 4 heteroatoms. The summed E-state index contributed by atoms with van der Waals surface area (Å²) in [4.78, 5) is 0. The van der Waals surface area contributed by atoms with Gasteiger partial charge in [0.05, 0.1) is 3.57 Å². The Balaban J connectivity index is 2.55. The minimum absolute atomic E-state index is 0.226. The van der Waals surface area contributed by atoms with Gasteiger partial charge in [-0.25, -0.2) is 0 Å². The van der Waals surface area contributed by atoms with Crippen molar-refractivity contribution in [2.45, 2.75) is 6.61 Å². The van der Waals surface area contributed by atoms with Crippen LogP contribution >= 0.6 is 22.6 Å². The van der Waals surface area contributed by atoms with E-state index < -0.39 is 6.61 Å². The highest BCUT2D eigenvalue weighted by Gasteiger charge is 2.10. The number of rotatable bonds is 2. The molecule has 0 saturated carbocycles. The van der Waals surface area contributed by atoms with Gasteiger partial charge in [-0.1, -0.05) is 30.3 Å². The molecule has 0 aliphatic heterocycles. The van der Waals surface area contributed by atoms with Gasteiger partial charge in [0.25, 0.3) is 0 Å². The average molecular weight is 320 g/mol. The third-order valence-corrected chi connectivity index (χ3v) is 3.16. The van der Waals surface area contributed by atoms with Crippen molar-refractivity contribution in [2.75, 3.05) is 0 Å². The van der Waals surface area contributed by atoms with Crippen LogP contribution in [0.3, 0.4) is 0 Å². The van der Waals surface area contributed by atoms with Crippen LogP contribution in [-0.2, 0) is 0 Å². The minimum Gasteiger partial charge on any atom is -0.434 e. The van der Waals surface area contributed by atoms with Crippen molar-refractivity contribution >= 4 is 33.4 Å². The van der Waals surface area contributed by atoms with E-state index in [1.165, 1.54) is 0 Å². The SMILES string of the molecule is FC(F)Oc1ccc2ccccc2c1I. The van der Waals surface area contributed by atoms with E-state index in [-0.39, 0.29) is 5.75 Å². The smallest absolute Gasteiger partial charge is 0.387 e. The van der Waals surface area contributed by atoms with Gasteiger partial charge in [-0.05, 0) is 39.4 Å². The van der Waals surface area contributed by atoms with Crippen LogP contribution in [0.5, 0.6) is 5.75 Å². The van der Waals surface area contributed by atoms with Crippen LogP contribution in [0.4, 0.5) is 8.78 Å². The van der Waals surface area contributed by atoms with Crippen LogP contribution in [0, 0.1) is 3.57 Å². The Morgan fingerprint density at radius 2 is 1.80 bits per heavy atom. The molecule has 0 unspecified atom stereocenters. The number of benzene rings is 2. The monoisotopic (exact) mass is 320 g/mol. The zero-order valence-corrected chi connectivity index (χ0v) is 9.74. The maximum absolute atomic E-state index is 12.1. The summed E-state index contributed by atoms with van der Waals surface area (Å²) in [6.45, 7) is -2.78. The summed E-state index contributed by atoms with van der Waals surface area (Å²) in [7, 11) is 0. The van der Waals surface area contributed by atoms with Gasteiger partial charge < -0.3 is 4.74 Å². The zero-order chi connectivity index (χ0) is 10.8. The predicted molar refractivity (Wildman–Crippen MR) is 63.3 cm³/mol. The van der Waals surface area contributed by atoms with Crippen LogP contribution in [-0.4, -0.2) is 6.61 Å². The molecule has 0 saturated heterocycles. The van der Waals surface area contributed by atoms with Crippen molar-refractivity contribution in [3.8, 4) is 5.75 Å². The maximum atomic E-state index is 12.1. The molecular weight excluding hydrogens is 313 g/mol. The summed E-state index contributed by atoms with van der Waals surface area (Å²) < 4.78 is 29.3. The lowest BCUT2D eigenvalue weighted by molar-refractivity contribution is -0.0503. The number of fused-ring (bicyclic) bond motifs is 1. The maximum Gasteiger partial charge on any atom is 0.387 e. The summed E-state index contributed by atoms with van der Waals surface area (Å²) in [5.74, 6) is 0.226. The number of hydrogen-bond acceptors (Lipinski definition) is 1. The molecule has 0 spiro atoms.